The van der Waals surface area contributed by atoms with Crippen LogP contribution >= 0.6 is 0 Å². The van der Waals surface area contributed by atoms with E-state index in [9.17, 15) is 4.79 Å². The maximum Gasteiger partial charge on any atom is 0.255 e. The molecule has 0 aliphatic carbocycles. The van der Waals surface area contributed by atoms with Crippen LogP contribution in [0.2, 0.25) is 0 Å². The van der Waals surface area contributed by atoms with E-state index in [4.69, 9.17) is 10.5 Å². The molecule has 0 radical (unpaired) electrons. The second-order valence-electron chi connectivity index (χ2n) is 2.79. The predicted octanol–water partition coefficient (Wildman–Crippen LogP) is -0.668. The Morgan fingerprint density at radius 1 is 1.86 bits per heavy atom. The number of nitrogens with one attached hydrogen (secondary N) is 1. The zero-order valence-electron chi connectivity index (χ0n) is 8.23. The highest BCUT2D eigenvalue weighted by atomic mass is 16.5. The summed E-state index contributed by atoms with van der Waals surface area (Å²) in [5.41, 5.74) is 5.34. The number of hydrogen-bond acceptors (Lipinski definition) is 4. The molecule has 0 saturated heterocycles. The first-order chi connectivity index (χ1) is 6.69. The summed E-state index contributed by atoms with van der Waals surface area (Å²) in [5, 5.41) is 6.56. The minimum absolute atomic E-state index is 0.153. The van der Waals surface area contributed by atoms with Crippen LogP contribution in [0.4, 0.5) is 5.82 Å². The summed E-state index contributed by atoms with van der Waals surface area (Å²) in [5.74, 6) is 0.351. The molecule has 0 bridgehead atoms. The van der Waals surface area contributed by atoms with Gasteiger partial charge >= 0.3 is 0 Å². The van der Waals surface area contributed by atoms with Gasteiger partial charge in [0.2, 0.25) is 0 Å². The topological polar surface area (TPSA) is 82.2 Å². The van der Waals surface area contributed by atoms with Crippen LogP contribution in [0, 0.1) is 0 Å². The molecule has 1 unspecified atom stereocenters. The fourth-order valence-electron chi connectivity index (χ4n) is 1.01. The van der Waals surface area contributed by atoms with Gasteiger partial charge in [-0.05, 0) is 0 Å². The lowest BCUT2D eigenvalue weighted by Gasteiger charge is -2.12. The van der Waals surface area contributed by atoms with Gasteiger partial charge in [0.15, 0.2) is 0 Å². The monoisotopic (exact) mass is 198 g/mol. The van der Waals surface area contributed by atoms with E-state index < -0.39 is 6.10 Å². The van der Waals surface area contributed by atoms with Crippen molar-refractivity contribution in [3.63, 3.8) is 0 Å². The molecule has 6 nitrogen and oxygen atoms in total. The number of aryl methyl sites for hydroxylation is 1. The number of hydrogen-bond donors (Lipinski definition) is 2. The standard InChI is InChI=1S/C8H14N4O2/c1-12-7(3-4-10-12)11-8(13)6(5-9)14-2/h3-4,6H,5,9H2,1-2H3,(H,11,13). The Kier molecular flexibility index (Phi) is 3.61. The van der Waals surface area contributed by atoms with Crippen molar-refractivity contribution in [1.82, 2.24) is 9.78 Å². The first-order valence-electron chi connectivity index (χ1n) is 4.20. The smallest absolute Gasteiger partial charge is 0.255 e. The Morgan fingerprint density at radius 2 is 2.57 bits per heavy atom. The molecule has 0 fully saturated rings. The lowest BCUT2D eigenvalue weighted by Crippen LogP contribution is -2.36. The van der Waals surface area contributed by atoms with Crippen LogP contribution in [0.3, 0.4) is 0 Å². The van der Waals surface area contributed by atoms with E-state index in [2.05, 4.69) is 10.4 Å². The van der Waals surface area contributed by atoms with Crippen LogP contribution in [-0.2, 0) is 16.6 Å². The third kappa shape index (κ3) is 2.30. The molecule has 1 amide bonds. The van der Waals surface area contributed by atoms with E-state index in [1.165, 1.54) is 7.11 Å². The van der Waals surface area contributed by atoms with Crippen LogP contribution in [0.1, 0.15) is 0 Å². The van der Waals surface area contributed by atoms with E-state index in [0.717, 1.165) is 0 Å². The number of methoxy groups -OCH3 is 1. The van der Waals surface area contributed by atoms with E-state index in [1.807, 2.05) is 0 Å². The van der Waals surface area contributed by atoms with E-state index in [-0.39, 0.29) is 12.5 Å². The molecule has 1 aromatic rings. The fourth-order valence-corrected chi connectivity index (χ4v) is 1.01. The van der Waals surface area contributed by atoms with Gasteiger partial charge in [-0.2, -0.15) is 5.10 Å². The van der Waals surface area contributed by atoms with Crippen LogP contribution in [0.25, 0.3) is 0 Å². The summed E-state index contributed by atoms with van der Waals surface area (Å²) in [6.07, 6.45) is 0.977. The largest absolute Gasteiger partial charge is 0.370 e. The predicted molar refractivity (Wildman–Crippen MR) is 51.7 cm³/mol. The van der Waals surface area contributed by atoms with Crippen LogP contribution in [0.5, 0.6) is 0 Å². The molecule has 0 spiro atoms. The van der Waals surface area contributed by atoms with Gasteiger partial charge in [-0.1, -0.05) is 0 Å². The molecular weight excluding hydrogens is 184 g/mol. The third-order valence-electron chi connectivity index (χ3n) is 1.86. The van der Waals surface area contributed by atoms with Gasteiger partial charge in [0.25, 0.3) is 5.91 Å². The lowest BCUT2D eigenvalue weighted by atomic mass is 10.3. The van der Waals surface area contributed by atoms with Crippen LogP contribution < -0.4 is 11.1 Å². The highest BCUT2D eigenvalue weighted by Gasteiger charge is 2.16. The quantitative estimate of drug-likeness (QED) is 0.672. The zero-order valence-corrected chi connectivity index (χ0v) is 8.23. The number of anilines is 1. The first-order valence-corrected chi connectivity index (χ1v) is 4.20. The number of nitrogens with zero attached hydrogens (tertiary/aromatic N) is 2. The van der Waals surface area contributed by atoms with Gasteiger partial charge < -0.3 is 15.8 Å². The lowest BCUT2D eigenvalue weighted by molar-refractivity contribution is -0.125. The molecule has 0 aliphatic rings. The number of rotatable bonds is 4. The molecule has 6 heteroatoms. The molecule has 0 aliphatic heterocycles. The Balaban J connectivity index is 2.61. The molecule has 78 valence electrons. The van der Waals surface area contributed by atoms with E-state index in [1.54, 1.807) is 24.0 Å². The Morgan fingerprint density at radius 3 is 3.00 bits per heavy atom. The van der Waals surface area contributed by atoms with Gasteiger partial charge in [-0.15, -0.1) is 0 Å². The summed E-state index contributed by atoms with van der Waals surface area (Å²) in [4.78, 5) is 11.5. The number of carbonyl (C=O) groups excluding carboxylic acids is 1. The van der Waals surface area contributed by atoms with Crippen molar-refractivity contribution in [3.05, 3.63) is 12.3 Å². The van der Waals surface area contributed by atoms with Gasteiger partial charge in [0, 0.05) is 26.8 Å². The summed E-state index contributed by atoms with van der Waals surface area (Å²) >= 11 is 0. The molecule has 14 heavy (non-hydrogen) atoms. The maximum atomic E-state index is 11.5. The Bertz CT molecular complexity index is 306. The first kappa shape index (κ1) is 10.7. The molecule has 0 saturated carbocycles. The van der Waals surface area contributed by atoms with E-state index in [0.29, 0.717) is 5.82 Å². The normalized spacial score (nSPS) is 12.5. The van der Waals surface area contributed by atoms with Crippen LogP contribution in [0.15, 0.2) is 12.3 Å². The van der Waals surface area contributed by atoms with E-state index >= 15 is 0 Å². The minimum atomic E-state index is -0.620. The summed E-state index contributed by atoms with van der Waals surface area (Å²) in [6.45, 7) is 0.153. The summed E-state index contributed by atoms with van der Waals surface area (Å²) in [7, 11) is 3.18. The summed E-state index contributed by atoms with van der Waals surface area (Å²) < 4.78 is 6.44. The number of ether oxygens (including phenoxy) is 1. The highest BCUT2D eigenvalue weighted by Crippen LogP contribution is 2.04. The van der Waals surface area contributed by atoms with Crippen molar-refractivity contribution in [3.8, 4) is 0 Å². The Labute approximate surface area is 82.0 Å². The molecule has 1 rings (SSSR count). The molecule has 1 heterocycles. The minimum Gasteiger partial charge on any atom is -0.370 e. The second-order valence-corrected chi connectivity index (χ2v) is 2.79. The molecule has 1 aromatic heterocycles. The molecule has 3 N–H and O–H groups in total. The van der Waals surface area contributed by atoms with Crippen molar-refractivity contribution in [2.75, 3.05) is 19.0 Å². The number of amides is 1. The van der Waals surface area contributed by atoms with Crippen molar-refractivity contribution < 1.29 is 9.53 Å². The molecule has 0 aromatic carbocycles. The average Bonchev–Trinajstić information content (AvgIpc) is 2.54. The Hall–Kier alpha value is -1.40. The maximum absolute atomic E-state index is 11.5. The van der Waals surface area contributed by atoms with Crippen molar-refractivity contribution in [2.45, 2.75) is 6.10 Å². The van der Waals surface area contributed by atoms with Gasteiger partial charge in [0.1, 0.15) is 11.9 Å². The number of carbonyl (C=O) groups is 1. The summed E-state index contributed by atoms with van der Waals surface area (Å²) in [6, 6.07) is 1.70. The number of nitrogens with two attached hydrogens (primary N) is 1. The highest BCUT2D eigenvalue weighted by molar-refractivity contribution is 5.93. The average molecular weight is 198 g/mol. The van der Waals surface area contributed by atoms with Gasteiger partial charge in [-0.3, -0.25) is 9.48 Å². The second kappa shape index (κ2) is 4.73. The van der Waals surface area contributed by atoms with Gasteiger partial charge in [-0.25, -0.2) is 0 Å². The van der Waals surface area contributed by atoms with Crippen LogP contribution in [-0.4, -0.2) is 35.4 Å². The molecule has 1 atom stereocenters. The SMILES string of the molecule is COC(CN)C(=O)Nc1ccnn1C. The zero-order chi connectivity index (χ0) is 10.6. The van der Waals surface area contributed by atoms with Crippen molar-refractivity contribution >= 4 is 11.7 Å². The van der Waals surface area contributed by atoms with Crippen molar-refractivity contribution in [2.24, 2.45) is 12.8 Å². The number of aromatic nitrogens is 2. The fraction of sp³-hybridized carbons (Fsp3) is 0.500. The third-order valence-corrected chi connectivity index (χ3v) is 1.86. The van der Waals surface area contributed by atoms with Gasteiger partial charge in [0.05, 0.1) is 6.20 Å². The van der Waals surface area contributed by atoms with Crippen molar-refractivity contribution in [1.29, 1.82) is 0 Å². The molecular formula is C8H14N4O2.